The van der Waals surface area contributed by atoms with Crippen molar-refractivity contribution in [1.29, 1.82) is 0 Å². The normalized spacial score (nSPS) is 30.6. The van der Waals surface area contributed by atoms with E-state index in [9.17, 15) is 9.59 Å². The summed E-state index contributed by atoms with van der Waals surface area (Å²) in [5, 5.41) is 11.5. The van der Waals surface area contributed by atoms with E-state index >= 15 is 0 Å². The molecule has 2 saturated heterocycles. The smallest absolute Gasteiger partial charge is 0.332 e. The van der Waals surface area contributed by atoms with E-state index in [1.165, 1.54) is 0 Å². The van der Waals surface area contributed by atoms with Crippen molar-refractivity contribution in [2.24, 2.45) is 5.41 Å². The Hall–Kier alpha value is -1.14. The second-order valence-corrected chi connectivity index (χ2v) is 5.05. The molecule has 6 nitrogen and oxygen atoms in total. The average molecular weight is 243 g/mol. The summed E-state index contributed by atoms with van der Waals surface area (Å²) in [6, 6.07) is 0. The van der Waals surface area contributed by atoms with E-state index in [4.69, 9.17) is 14.6 Å². The Balaban J connectivity index is 1.75. The van der Waals surface area contributed by atoms with Crippen LogP contribution >= 0.6 is 0 Å². The van der Waals surface area contributed by atoms with Gasteiger partial charge in [0, 0.05) is 12.0 Å². The van der Waals surface area contributed by atoms with Gasteiger partial charge in [-0.1, -0.05) is 6.92 Å². The van der Waals surface area contributed by atoms with E-state index in [1.807, 2.05) is 6.92 Å². The zero-order valence-corrected chi connectivity index (χ0v) is 9.77. The van der Waals surface area contributed by atoms with Gasteiger partial charge in [0.25, 0.3) is 0 Å². The van der Waals surface area contributed by atoms with Crippen LogP contribution in [-0.4, -0.2) is 48.9 Å². The van der Waals surface area contributed by atoms with Gasteiger partial charge in [0.05, 0.1) is 13.2 Å². The number of hydrogen-bond acceptors (Lipinski definition) is 4. The lowest BCUT2D eigenvalue weighted by Crippen LogP contribution is -2.50. The molecule has 0 saturated carbocycles. The molecule has 0 aromatic rings. The van der Waals surface area contributed by atoms with Gasteiger partial charge >= 0.3 is 5.97 Å². The van der Waals surface area contributed by atoms with Crippen LogP contribution in [0, 0.1) is 5.41 Å². The van der Waals surface area contributed by atoms with Crippen LogP contribution in [0.25, 0.3) is 0 Å². The van der Waals surface area contributed by atoms with Crippen LogP contribution < -0.4 is 5.32 Å². The summed E-state index contributed by atoms with van der Waals surface area (Å²) in [6.07, 6.45) is -0.599. The van der Waals surface area contributed by atoms with E-state index in [-0.39, 0.29) is 11.3 Å². The lowest BCUT2D eigenvalue weighted by molar-refractivity contribution is -0.152. The minimum absolute atomic E-state index is 0.0143. The number of ether oxygens (including phenoxy) is 2. The van der Waals surface area contributed by atoms with E-state index in [2.05, 4.69) is 5.32 Å². The maximum Gasteiger partial charge on any atom is 0.332 e. The minimum atomic E-state index is -1.00. The highest BCUT2D eigenvalue weighted by atomic mass is 16.5. The van der Waals surface area contributed by atoms with Crippen molar-refractivity contribution in [3.05, 3.63) is 0 Å². The van der Waals surface area contributed by atoms with E-state index < -0.39 is 18.2 Å². The first-order chi connectivity index (χ1) is 8.00. The second kappa shape index (κ2) is 4.62. The van der Waals surface area contributed by atoms with E-state index in [0.29, 0.717) is 32.6 Å². The second-order valence-electron chi connectivity index (χ2n) is 5.05. The lowest BCUT2D eigenvalue weighted by Gasteiger charge is -2.38. The molecular formula is C11H17NO5. The molecule has 0 aromatic heterocycles. The molecule has 2 aliphatic rings. The third-order valence-electron chi connectivity index (χ3n) is 3.18. The number of carbonyl (C=O) groups is 2. The molecule has 0 spiro atoms. The molecule has 0 aliphatic carbocycles. The first-order valence-corrected chi connectivity index (χ1v) is 5.74. The molecule has 17 heavy (non-hydrogen) atoms. The Morgan fingerprint density at radius 3 is 2.47 bits per heavy atom. The zero-order chi connectivity index (χ0) is 12.5. The molecule has 2 aliphatic heterocycles. The highest BCUT2D eigenvalue weighted by Crippen LogP contribution is 2.25. The van der Waals surface area contributed by atoms with Gasteiger partial charge in [0.2, 0.25) is 5.91 Å². The summed E-state index contributed by atoms with van der Waals surface area (Å²) in [7, 11) is 0. The Morgan fingerprint density at radius 1 is 1.35 bits per heavy atom. The van der Waals surface area contributed by atoms with E-state index in [0.717, 1.165) is 0 Å². The number of carboxylic acid groups (broad SMARTS) is 1. The molecule has 0 bridgehead atoms. The summed E-state index contributed by atoms with van der Waals surface area (Å²) in [5.41, 5.74) is 0.0143. The van der Waals surface area contributed by atoms with Crippen molar-refractivity contribution >= 4 is 11.9 Å². The van der Waals surface area contributed by atoms with Gasteiger partial charge in [-0.15, -0.1) is 0 Å². The van der Waals surface area contributed by atoms with Crippen LogP contribution in [0.1, 0.15) is 19.8 Å². The van der Waals surface area contributed by atoms with Crippen LogP contribution in [0.3, 0.4) is 0 Å². The van der Waals surface area contributed by atoms with Gasteiger partial charge in [-0.2, -0.15) is 0 Å². The molecule has 2 rings (SSSR count). The van der Waals surface area contributed by atoms with Gasteiger partial charge in [0.15, 0.2) is 6.10 Å². The standard InChI is InChI=1S/C11H17NO5/c1-11(5-16-6-11)4-12-9(13)7-2-3-8(17-7)10(14)15/h7-8H,2-6H2,1H3,(H,12,13)(H,14,15)/t7-,8+/m0/s1. The van der Waals surface area contributed by atoms with Crippen LogP contribution in [-0.2, 0) is 19.1 Å². The molecule has 2 N–H and O–H groups in total. The quantitative estimate of drug-likeness (QED) is 0.712. The fourth-order valence-corrected chi connectivity index (χ4v) is 1.98. The molecule has 2 atom stereocenters. The van der Waals surface area contributed by atoms with Gasteiger partial charge in [0.1, 0.15) is 6.10 Å². The van der Waals surface area contributed by atoms with Gasteiger partial charge in [-0.3, -0.25) is 4.79 Å². The molecule has 6 heteroatoms. The molecule has 0 unspecified atom stereocenters. The first-order valence-electron chi connectivity index (χ1n) is 5.74. The van der Waals surface area contributed by atoms with Crippen LogP contribution in [0.15, 0.2) is 0 Å². The first kappa shape index (κ1) is 12.3. The molecule has 96 valence electrons. The zero-order valence-electron chi connectivity index (χ0n) is 9.77. The van der Waals surface area contributed by atoms with Crippen molar-refractivity contribution in [2.45, 2.75) is 32.0 Å². The number of carboxylic acids is 1. The molecule has 0 radical (unpaired) electrons. The van der Waals surface area contributed by atoms with Crippen molar-refractivity contribution in [3.63, 3.8) is 0 Å². The molecule has 0 aromatic carbocycles. The van der Waals surface area contributed by atoms with Crippen molar-refractivity contribution in [2.75, 3.05) is 19.8 Å². The van der Waals surface area contributed by atoms with Crippen LogP contribution in [0.4, 0.5) is 0 Å². The highest BCUT2D eigenvalue weighted by molar-refractivity contribution is 5.82. The monoisotopic (exact) mass is 243 g/mol. The fraction of sp³-hybridized carbons (Fsp3) is 0.818. The van der Waals surface area contributed by atoms with Gasteiger partial charge in [-0.25, -0.2) is 4.79 Å². The topological polar surface area (TPSA) is 84.9 Å². The predicted molar refractivity (Wildman–Crippen MR) is 57.5 cm³/mol. The lowest BCUT2D eigenvalue weighted by atomic mass is 9.89. The SMILES string of the molecule is CC1(CNC(=O)[C@@H]2CC[C@H](C(=O)O)O2)COC1. The average Bonchev–Trinajstić information content (AvgIpc) is 2.72. The van der Waals surface area contributed by atoms with Crippen LogP contribution in [0.5, 0.6) is 0 Å². The minimum Gasteiger partial charge on any atom is -0.479 e. The molecule has 1 amide bonds. The maximum atomic E-state index is 11.7. The molecule has 2 heterocycles. The Bertz CT molecular complexity index is 326. The van der Waals surface area contributed by atoms with Crippen molar-refractivity contribution in [3.8, 4) is 0 Å². The Morgan fingerprint density at radius 2 is 2.00 bits per heavy atom. The van der Waals surface area contributed by atoms with Gasteiger partial charge in [-0.05, 0) is 12.8 Å². The summed E-state index contributed by atoms with van der Waals surface area (Å²) in [4.78, 5) is 22.4. The highest BCUT2D eigenvalue weighted by Gasteiger charge is 2.37. The fourth-order valence-electron chi connectivity index (χ4n) is 1.98. The largest absolute Gasteiger partial charge is 0.479 e. The third kappa shape index (κ3) is 2.76. The summed E-state index contributed by atoms with van der Waals surface area (Å²) in [6.45, 7) is 3.88. The van der Waals surface area contributed by atoms with Crippen molar-refractivity contribution < 1.29 is 24.2 Å². The third-order valence-corrected chi connectivity index (χ3v) is 3.18. The van der Waals surface area contributed by atoms with Crippen LogP contribution in [0.2, 0.25) is 0 Å². The number of amides is 1. The number of carbonyl (C=O) groups excluding carboxylic acids is 1. The molecule has 2 fully saturated rings. The summed E-state index contributed by atoms with van der Waals surface area (Å²) in [5.74, 6) is -1.22. The van der Waals surface area contributed by atoms with E-state index in [1.54, 1.807) is 0 Å². The predicted octanol–water partition coefficient (Wildman–Crippen LogP) is -0.229. The number of rotatable bonds is 4. The number of hydrogen-bond donors (Lipinski definition) is 2. The maximum absolute atomic E-state index is 11.7. The van der Waals surface area contributed by atoms with Gasteiger partial charge < -0.3 is 19.9 Å². The van der Waals surface area contributed by atoms with Crippen molar-refractivity contribution in [1.82, 2.24) is 5.32 Å². The summed E-state index contributed by atoms with van der Waals surface area (Å²) < 4.78 is 10.2. The Kier molecular flexibility index (Phi) is 3.35. The Labute approximate surface area is 99.3 Å². The summed E-state index contributed by atoms with van der Waals surface area (Å²) >= 11 is 0. The number of nitrogens with one attached hydrogen (secondary N) is 1. The molecular weight excluding hydrogens is 226 g/mol. The number of aliphatic carboxylic acids is 1.